The van der Waals surface area contributed by atoms with Gasteiger partial charge in [-0.15, -0.1) is 5.10 Å². The topological polar surface area (TPSA) is 85.6 Å². The summed E-state index contributed by atoms with van der Waals surface area (Å²) in [5, 5.41) is 13.9. The van der Waals surface area contributed by atoms with E-state index in [1.807, 2.05) is 30.3 Å². The van der Waals surface area contributed by atoms with Crippen LogP contribution in [0.3, 0.4) is 0 Å². The molecule has 0 radical (unpaired) electrons. The average molecular weight is 280 g/mol. The zero-order chi connectivity index (χ0) is 14.5. The fraction of sp³-hybridized carbons (Fsp3) is 0.0714. The molecule has 3 aromatic rings. The van der Waals surface area contributed by atoms with Gasteiger partial charge in [0.2, 0.25) is 0 Å². The normalized spacial score (nSPS) is 11.8. The van der Waals surface area contributed by atoms with Crippen molar-refractivity contribution in [1.82, 2.24) is 25.2 Å². The minimum atomic E-state index is -0.630. The van der Waals surface area contributed by atoms with E-state index in [0.29, 0.717) is 5.69 Å². The molecule has 1 aromatic carbocycles. The van der Waals surface area contributed by atoms with E-state index in [0.717, 1.165) is 5.56 Å². The highest BCUT2D eigenvalue weighted by Crippen LogP contribution is 2.19. The Kier molecular flexibility index (Phi) is 3.64. The zero-order valence-corrected chi connectivity index (χ0v) is 11.0. The Morgan fingerprint density at radius 2 is 1.86 bits per heavy atom. The van der Waals surface area contributed by atoms with E-state index in [1.54, 1.807) is 24.5 Å². The van der Waals surface area contributed by atoms with Crippen LogP contribution in [-0.4, -0.2) is 31.1 Å². The van der Waals surface area contributed by atoms with Gasteiger partial charge in [0.05, 0.1) is 0 Å². The Bertz CT molecular complexity index is 699. The largest absolute Gasteiger partial charge is 0.324 e. The fourth-order valence-electron chi connectivity index (χ4n) is 1.99. The van der Waals surface area contributed by atoms with Crippen LogP contribution >= 0.6 is 0 Å². The summed E-state index contributed by atoms with van der Waals surface area (Å²) in [5.41, 5.74) is 1.47. The van der Waals surface area contributed by atoms with Gasteiger partial charge in [0, 0.05) is 18.1 Å². The van der Waals surface area contributed by atoms with Crippen molar-refractivity contribution in [3.63, 3.8) is 0 Å². The number of pyridine rings is 1. The summed E-state index contributed by atoms with van der Waals surface area (Å²) >= 11 is 0. The highest BCUT2D eigenvalue weighted by molar-refractivity contribution is 5.95. The number of hydrogen-bond acceptors (Lipinski definition) is 5. The Morgan fingerprint density at radius 3 is 2.52 bits per heavy atom. The molecule has 2 heterocycles. The van der Waals surface area contributed by atoms with Crippen molar-refractivity contribution >= 4 is 11.6 Å². The fourth-order valence-corrected chi connectivity index (χ4v) is 1.99. The molecule has 104 valence electrons. The van der Waals surface area contributed by atoms with E-state index in [1.165, 1.54) is 11.0 Å². The van der Waals surface area contributed by atoms with Crippen molar-refractivity contribution in [2.45, 2.75) is 6.04 Å². The second kappa shape index (κ2) is 5.91. The molecule has 7 nitrogen and oxygen atoms in total. The van der Waals surface area contributed by atoms with E-state index in [2.05, 4.69) is 25.8 Å². The summed E-state index contributed by atoms with van der Waals surface area (Å²) < 4.78 is 1.42. The number of nitrogens with one attached hydrogen (secondary N) is 1. The molecule has 0 saturated heterocycles. The number of anilines is 1. The summed E-state index contributed by atoms with van der Waals surface area (Å²) in [6.45, 7) is 0. The first-order valence-electron chi connectivity index (χ1n) is 6.33. The van der Waals surface area contributed by atoms with Gasteiger partial charge in [0.15, 0.2) is 6.04 Å². The lowest BCUT2D eigenvalue weighted by molar-refractivity contribution is -0.118. The van der Waals surface area contributed by atoms with Crippen LogP contribution in [0.25, 0.3) is 0 Å². The molecule has 2 aromatic heterocycles. The molecule has 3 rings (SSSR count). The van der Waals surface area contributed by atoms with Gasteiger partial charge in [0.1, 0.15) is 6.33 Å². The van der Waals surface area contributed by atoms with E-state index in [4.69, 9.17) is 0 Å². The predicted molar refractivity (Wildman–Crippen MR) is 75.3 cm³/mol. The van der Waals surface area contributed by atoms with Gasteiger partial charge >= 0.3 is 0 Å². The number of rotatable bonds is 4. The number of hydrogen-bond donors (Lipinski definition) is 1. The maximum absolute atomic E-state index is 12.6. The molecule has 1 unspecified atom stereocenters. The van der Waals surface area contributed by atoms with Crippen LogP contribution in [0, 0.1) is 0 Å². The summed E-state index contributed by atoms with van der Waals surface area (Å²) in [6.07, 6.45) is 4.65. The monoisotopic (exact) mass is 280 g/mol. The molecule has 0 aliphatic rings. The minimum absolute atomic E-state index is 0.222. The first kappa shape index (κ1) is 12.9. The Balaban J connectivity index is 1.91. The van der Waals surface area contributed by atoms with Gasteiger partial charge in [-0.1, -0.05) is 30.3 Å². The molecule has 7 heteroatoms. The van der Waals surface area contributed by atoms with Crippen LogP contribution < -0.4 is 5.32 Å². The SMILES string of the molecule is O=C(Nc1ccncc1)C(c1ccccc1)n1cnnn1. The van der Waals surface area contributed by atoms with E-state index < -0.39 is 6.04 Å². The molecular formula is C14H12N6O. The van der Waals surface area contributed by atoms with Crippen molar-refractivity contribution in [3.8, 4) is 0 Å². The molecule has 21 heavy (non-hydrogen) atoms. The van der Waals surface area contributed by atoms with Crippen molar-refractivity contribution in [2.24, 2.45) is 0 Å². The van der Waals surface area contributed by atoms with Gasteiger partial charge in [-0.3, -0.25) is 9.78 Å². The quantitative estimate of drug-likeness (QED) is 0.778. The third-order valence-corrected chi connectivity index (χ3v) is 2.94. The third-order valence-electron chi connectivity index (χ3n) is 2.94. The Labute approximate surface area is 120 Å². The number of aromatic nitrogens is 5. The lowest BCUT2D eigenvalue weighted by atomic mass is 10.1. The first-order valence-corrected chi connectivity index (χ1v) is 6.33. The number of carbonyl (C=O) groups is 1. The molecule has 0 aliphatic carbocycles. The van der Waals surface area contributed by atoms with Crippen molar-refractivity contribution in [3.05, 3.63) is 66.7 Å². The number of amides is 1. The van der Waals surface area contributed by atoms with Crippen LogP contribution in [0.1, 0.15) is 11.6 Å². The van der Waals surface area contributed by atoms with E-state index >= 15 is 0 Å². The highest BCUT2D eigenvalue weighted by atomic mass is 16.2. The second-order valence-corrected chi connectivity index (χ2v) is 4.33. The Hall–Kier alpha value is -3.09. The van der Waals surface area contributed by atoms with Crippen molar-refractivity contribution < 1.29 is 4.79 Å². The van der Waals surface area contributed by atoms with E-state index in [-0.39, 0.29) is 5.91 Å². The van der Waals surface area contributed by atoms with Crippen LogP contribution in [0.15, 0.2) is 61.2 Å². The van der Waals surface area contributed by atoms with Crippen LogP contribution in [0.4, 0.5) is 5.69 Å². The molecule has 0 aliphatic heterocycles. The number of carbonyl (C=O) groups excluding carboxylic acids is 1. The molecule has 0 bridgehead atoms. The zero-order valence-electron chi connectivity index (χ0n) is 11.0. The number of benzene rings is 1. The predicted octanol–water partition coefficient (Wildman–Crippen LogP) is 1.30. The highest BCUT2D eigenvalue weighted by Gasteiger charge is 2.23. The van der Waals surface area contributed by atoms with Crippen molar-refractivity contribution in [2.75, 3.05) is 5.32 Å². The molecule has 1 N–H and O–H groups in total. The summed E-state index contributed by atoms with van der Waals surface area (Å²) in [5.74, 6) is -0.222. The maximum Gasteiger partial charge on any atom is 0.253 e. The average Bonchev–Trinajstić information content (AvgIpc) is 3.03. The maximum atomic E-state index is 12.6. The van der Waals surface area contributed by atoms with E-state index in [9.17, 15) is 4.79 Å². The summed E-state index contributed by atoms with van der Waals surface area (Å²) in [7, 11) is 0. The molecule has 1 amide bonds. The van der Waals surface area contributed by atoms with Crippen molar-refractivity contribution in [1.29, 1.82) is 0 Å². The summed E-state index contributed by atoms with van der Waals surface area (Å²) in [6, 6.07) is 12.2. The minimum Gasteiger partial charge on any atom is -0.324 e. The smallest absolute Gasteiger partial charge is 0.253 e. The standard InChI is InChI=1S/C14H12N6O/c21-14(17-12-6-8-15-9-7-12)13(20-10-16-18-19-20)11-4-2-1-3-5-11/h1-10,13H,(H,15,17,21). The molecular weight excluding hydrogens is 268 g/mol. The van der Waals surface area contributed by atoms with Gasteiger partial charge < -0.3 is 5.32 Å². The van der Waals surface area contributed by atoms with Gasteiger partial charge in [0.25, 0.3) is 5.91 Å². The third kappa shape index (κ3) is 2.92. The number of tetrazole rings is 1. The summed E-state index contributed by atoms with van der Waals surface area (Å²) in [4.78, 5) is 16.5. The van der Waals surface area contributed by atoms with Gasteiger partial charge in [-0.2, -0.15) is 0 Å². The molecule has 1 atom stereocenters. The van der Waals surface area contributed by atoms with Crippen LogP contribution in [-0.2, 0) is 4.79 Å². The molecule has 0 fully saturated rings. The lowest BCUT2D eigenvalue weighted by Gasteiger charge is -2.16. The molecule has 0 spiro atoms. The molecule has 0 saturated carbocycles. The Morgan fingerprint density at radius 1 is 1.10 bits per heavy atom. The van der Waals surface area contributed by atoms with Gasteiger partial charge in [-0.05, 0) is 28.1 Å². The second-order valence-electron chi connectivity index (χ2n) is 4.33. The first-order chi connectivity index (χ1) is 10.3. The number of nitrogens with zero attached hydrogens (tertiary/aromatic N) is 5. The van der Waals surface area contributed by atoms with Crippen LogP contribution in [0.5, 0.6) is 0 Å². The van der Waals surface area contributed by atoms with Gasteiger partial charge in [-0.25, -0.2) is 4.68 Å². The lowest BCUT2D eigenvalue weighted by Crippen LogP contribution is -2.27. The van der Waals surface area contributed by atoms with Crippen LogP contribution in [0.2, 0.25) is 0 Å².